The molecule has 2 aliphatic carbocycles. The topological polar surface area (TPSA) is 66.4 Å². The summed E-state index contributed by atoms with van der Waals surface area (Å²) in [4.78, 5) is 23.2. The molecule has 2 aliphatic rings. The van der Waals surface area contributed by atoms with E-state index in [4.69, 9.17) is 5.11 Å². The molecule has 0 spiro atoms. The van der Waals surface area contributed by atoms with Crippen molar-refractivity contribution in [3.63, 3.8) is 0 Å². The third kappa shape index (κ3) is 3.28. The number of alkyl halides is 3. The van der Waals surface area contributed by atoms with Gasteiger partial charge in [-0.2, -0.15) is 13.2 Å². The van der Waals surface area contributed by atoms with E-state index >= 15 is 0 Å². The number of amides is 1. The van der Waals surface area contributed by atoms with Gasteiger partial charge in [-0.05, 0) is 30.0 Å². The van der Waals surface area contributed by atoms with E-state index < -0.39 is 29.2 Å². The molecule has 112 valence electrons. The van der Waals surface area contributed by atoms with Crippen LogP contribution >= 0.6 is 11.8 Å². The number of thioether (sulfide) groups is 1. The molecule has 1 fully saturated rings. The van der Waals surface area contributed by atoms with Gasteiger partial charge in [-0.25, -0.2) is 0 Å². The number of fused-ring (bicyclic) bond motifs is 2. The predicted molar refractivity (Wildman–Crippen MR) is 66.9 cm³/mol. The molecular formula is C12H14F3NO3S. The highest BCUT2D eigenvalue weighted by atomic mass is 32.2. The number of halogens is 3. The van der Waals surface area contributed by atoms with E-state index in [2.05, 4.69) is 5.32 Å². The van der Waals surface area contributed by atoms with E-state index in [0.29, 0.717) is 6.42 Å². The summed E-state index contributed by atoms with van der Waals surface area (Å²) >= 11 is -0.205. The molecule has 0 aromatic carbocycles. The largest absolute Gasteiger partial charge is 0.481 e. The predicted octanol–water partition coefficient (Wildman–Crippen LogP) is 1.88. The number of hydrogen-bond acceptors (Lipinski definition) is 3. The minimum atomic E-state index is -4.32. The standard InChI is InChI=1S/C12H14F3NO3S/c13-12(14,15)20-4-3-16-10(17)8-6-1-2-7(5-6)9(8)11(18)19/h1-2,6-9H,3-5H2,(H,16,17)(H,18,19)/t6?,7?,8-,9+/m0/s1. The van der Waals surface area contributed by atoms with Crippen LogP contribution in [0.3, 0.4) is 0 Å². The first-order valence-corrected chi connectivity index (χ1v) is 7.17. The zero-order valence-electron chi connectivity index (χ0n) is 10.4. The average Bonchev–Trinajstić information content (AvgIpc) is 2.92. The molecule has 0 saturated heterocycles. The van der Waals surface area contributed by atoms with Gasteiger partial charge < -0.3 is 10.4 Å². The first-order chi connectivity index (χ1) is 9.29. The van der Waals surface area contributed by atoms with E-state index in [1.165, 1.54) is 0 Å². The first-order valence-electron chi connectivity index (χ1n) is 6.19. The highest BCUT2D eigenvalue weighted by molar-refractivity contribution is 8.00. The van der Waals surface area contributed by atoms with Crippen molar-refractivity contribution >= 4 is 23.6 Å². The van der Waals surface area contributed by atoms with Gasteiger partial charge in [0.05, 0.1) is 11.8 Å². The molecule has 0 aliphatic heterocycles. The minimum Gasteiger partial charge on any atom is -0.481 e. The van der Waals surface area contributed by atoms with Gasteiger partial charge in [0.15, 0.2) is 0 Å². The number of aliphatic carboxylic acids is 1. The molecule has 20 heavy (non-hydrogen) atoms. The van der Waals surface area contributed by atoms with Crippen LogP contribution in [0.4, 0.5) is 13.2 Å². The summed E-state index contributed by atoms with van der Waals surface area (Å²) in [5.41, 5.74) is -4.32. The fourth-order valence-corrected chi connectivity index (χ4v) is 3.41. The Morgan fingerprint density at radius 2 is 1.85 bits per heavy atom. The van der Waals surface area contributed by atoms with Crippen LogP contribution < -0.4 is 5.32 Å². The summed E-state index contributed by atoms with van der Waals surface area (Å²) in [7, 11) is 0. The Hall–Kier alpha value is -1.18. The maximum absolute atomic E-state index is 12.0. The van der Waals surface area contributed by atoms with Crippen LogP contribution in [0.5, 0.6) is 0 Å². The van der Waals surface area contributed by atoms with Crippen molar-refractivity contribution in [1.82, 2.24) is 5.32 Å². The number of allylic oxidation sites excluding steroid dienone is 2. The van der Waals surface area contributed by atoms with Crippen molar-refractivity contribution in [3.8, 4) is 0 Å². The number of hydrogen-bond donors (Lipinski definition) is 2. The Balaban J connectivity index is 1.86. The van der Waals surface area contributed by atoms with Gasteiger partial charge in [-0.3, -0.25) is 9.59 Å². The van der Waals surface area contributed by atoms with Gasteiger partial charge in [-0.15, -0.1) is 0 Å². The zero-order valence-corrected chi connectivity index (χ0v) is 11.2. The molecule has 0 radical (unpaired) electrons. The van der Waals surface area contributed by atoms with Crippen molar-refractivity contribution in [2.24, 2.45) is 23.7 Å². The number of carboxylic acid groups (broad SMARTS) is 1. The van der Waals surface area contributed by atoms with E-state index in [0.717, 1.165) is 0 Å². The molecule has 1 saturated carbocycles. The maximum atomic E-state index is 12.0. The number of carbonyl (C=O) groups is 2. The average molecular weight is 309 g/mol. The normalized spacial score (nSPS) is 31.6. The van der Waals surface area contributed by atoms with Gasteiger partial charge in [0.25, 0.3) is 0 Å². The fraction of sp³-hybridized carbons (Fsp3) is 0.667. The van der Waals surface area contributed by atoms with Crippen LogP contribution in [0, 0.1) is 23.7 Å². The minimum absolute atomic E-state index is 0.114. The van der Waals surface area contributed by atoms with Crippen LogP contribution in [0.25, 0.3) is 0 Å². The molecule has 2 N–H and O–H groups in total. The quantitative estimate of drug-likeness (QED) is 0.601. The van der Waals surface area contributed by atoms with Crippen molar-refractivity contribution in [2.75, 3.05) is 12.3 Å². The Bertz CT molecular complexity index is 438. The van der Waals surface area contributed by atoms with Gasteiger partial charge in [0.2, 0.25) is 5.91 Å². The molecular weight excluding hydrogens is 295 g/mol. The van der Waals surface area contributed by atoms with E-state index in [1.807, 2.05) is 12.2 Å². The number of rotatable bonds is 5. The van der Waals surface area contributed by atoms with Gasteiger partial charge in [0.1, 0.15) is 0 Å². The fourth-order valence-electron chi connectivity index (χ4n) is 2.98. The zero-order chi connectivity index (χ0) is 14.9. The maximum Gasteiger partial charge on any atom is 0.441 e. The van der Waals surface area contributed by atoms with Gasteiger partial charge in [-0.1, -0.05) is 12.2 Å². The number of carboxylic acids is 1. The van der Waals surface area contributed by atoms with Crippen LogP contribution in [0.2, 0.25) is 0 Å². The molecule has 2 rings (SSSR count). The second kappa shape index (κ2) is 5.67. The van der Waals surface area contributed by atoms with Crippen LogP contribution in [0.1, 0.15) is 6.42 Å². The SMILES string of the molecule is O=C(O)[C@@H]1C2C=CC(C2)[C@@H]1C(=O)NCCSC(F)(F)F. The molecule has 0 aromatic rings. The van der Waals surface area contributed by atoms with Crippen molar-refractivity contribution in [2.45, 2.75) is 11.9 Å². The highest BCUT2D eigenvalue weighted by Crippen LogP contribution is 2.48. The Morgan fingerprint density at radius 3 is 2.40 bits per heavy atom. The van der Waals surface area contributed by atoms with Crippen LogP contribution in [0.15, 0.2) is 12.2 Å². The van der Waals surface area contributed by atoms with Crippen molar-refractivity contribution in [1.29, 1.82) is 0 Å². The van der Waals surface area contributed by atoms with Gasteiger partial charge in [0, 0.05) is 12.3 Å². The third-order valence-electron chi connectivity index (χ3n) is 3.71. The first kappa shape index (κ1) is 15.2. The highest BCUT2D eigenvalue weighted by Gasteiger charge is 2.51. The Kier molecular flexibility index (Phi) is 4.31. The molecule has 0 aromatic heterocycles. The van der Waals surface area contributed by atoms with E-state index in [9.17, 15) is 22.8 Å². The lowest BCUT2D eigenvalue weighted by atomic mass is 9.82. The van der Waals surface area contributed by atoms with E-state index in [-0.39, 0.29) is 35.9 Å². The lowest BCUT2D eigenvalue weighted by Gasteiger charge is -2.23. The summed E-state index contributed by atoms with van der Waals surface area (Å²) in [6, 6.07) is 0. The number of nitrogens with one attached hydrogen (secondary N) is 1. The second-order valence-corrected chi connectivity index (χ2v) is 6.08. The second-order valence-electron chi connectivity index (χ2n) is 4.92. The molecule has 4 nitrogen and oxygen atoms in total. The molecule has 8 heteroatoms. The smallest absolute Gasteiger partial charge is 0.441 e. The monoisotopic (exact) mass is 309 g/mol. The molecule has 0 heterocycles. The summed E-state index contributed by atoms with van der Waals surface area (Å²) < 4.78 is 35.8. The lowest BCUT2D eigenvalue weighted by Crippen LogP contribution is -2.41. The number of carbonyl (C=O) groups excluding carboxylic acids is 1. The van der Waals surface area contributed by atoms with Crippen molar-refractivity contribution < 1.29 is 27.9 Å². The van der Waals surface area contributed by atoms with E-state index in [1.54, 1.807) is 0 Å². The third-order valence-corrected chi connectivity index (χ3v) is 4.45. The molecule has 1 amide bonds. The van der Waals surface area contributed by atoms with Crippen molar-refractivity contribution in [3.05, 3.63) is 12.2 Å². The molecule has 4 atom stereocenters. The van der Waals surface area contributed by atoms with Gasteiger partial charge >= 0.3 is 11.5 Å². The van der Waals surface area contributed by atoms with Crippen LogP contribution in [-0.4, -0.2) is 34.8 Å². The molecule has 2 bridgehead atoms. The Labute approximate surface area is 117 Å². The Morgan fingerprint density at radius 1 is 1.25 bits per heavy atom. The van der Waals surface area contributed by atoms with Crippen LogP contribution in [-0.2, 0) is 9.59 Å². The lowest BCUT2D eigenvalue weighted by molar-refractivity contribution is -0.147. The summed E-state index contributed by atoms with van der Waals surface area (Å²) in [6.45, 7) is -0.118. The summed E-state index contributed by atoms with van der Waals surface area (Å²) in [5, 5.41) is 11.6. The summed E-state index contributed by atoms with van der Waals surface area (Å²) in [6.07, 6.45) is 4.28. The summed E-state index contributed by atoms with van der Waals surface area (Å²) in [5.74, 6) is -3.44. The molecule has 2 unspecified atom stereocenters.